The van der Waals surface area contributed by atoms with Crippen molar-refractivity contribution in [2.24, 2.45) is 0 Å². The zero-order chi connectivity index (χ0) is 27.8. The number of amides is 2. The summed E-state index contributed by atoms with van der Waals surface area (Å²) in [4.78, 5) is 28.4. The maximum atomic E-state index is 13.8. The van der Waals surface area contributed by atoms with E-state index in [0.29, 0.717) is 22.8 Å². The first-order chi connectivity index (χ1) is 17.5. The smallest absolute Gasteiger partial charge is 0.244 e. The molecule has 2 amide bonds. The zero-order valence-electron chi connectivity index (χ0n) is 22.2. The minimum absolute atomic E-state index is 0.0256. The van der Waals surface area contributed by atoms with Crippen molar-refractivity contribution in [1.29, 1.82) is 0 Å². The van der Waals surface area contributed by atoms with Crippen molar-refractivity contribution < 1.29 is 27.5 Å². The van der Waals surface area contributed by atoms with Crippen molar-refractivity contribution in [3.05, 3.63) is 53.1 Å². The highest BCUT2D eigenvalue weighted by atomic mass is 35.5. The molecule has 11 heteroatoms. The van der Waals surface area contributed by atoms with Gasteiger partial charge in [0.1, 0.15) is 24.1 Å². The first-order valence-corrected chi connectivity index (χ1v) is 14.2. The molecule has 0 bridgehead atoms. The third kappa shape index (κ3) is 8.00. The number of nitrogens with zero attached hydrogens (tertiary/aromatic N) is 2. The molecule has 2 atom stereocenters. The standard InChI is InChI=1S/C26H36ClN3O6S/c1-7-18(3)28-26(32)22(8-2)29(16-19-11-9-10-12-21(19)27)25(31)17-30(37(6,33)34)23-15-20(35-4)13-14-24(23)36-5/h9-15,18,22H,7-8,16-17H2,1-6H3,(H,28,32). The Labute approximate surface area is 224 Å². The first-order valence-electron chi connectivity index (χ1n) is 12.0. The van der Waals surface area contributed by atoms with Gasteiger partial charge in [0.05, 0.1) is 26.2 Å². The average molecular weight is 554 g/mol. The van der Waals surface area contributed by atoms with Crippen LogP contribution in [-0.4, -0.2) is 64.2 Å². The van der Waals surface area contributed by atoms with Crippen LogP contribution in [0.2, 0.25) is 5.02 Å². The molecule has 0 saturated carbocycles. The van der Waals surface area contributed by atoms with Crippen molar-refractivity contribution in [3.63, 3.8) is 0 Å². The Morgan fingerprint density at radius 3 is 2.27 bits per heavy atom. The molecular formula is C26H36ClN3O6S. The monoisotopic (exact) mass is 553 g/mol. The van der Waals surface area contributed by atoms with Crippen molar-refractivity contribution in [1.82, 2.24) is 10.2 Å². The molecule has 9 nitrogen and oxygen atoms in total. The fourth-order valence-electron chi connectivity index (χ4n) is 3.76. The lowest BCUT2D eigenvalue weighted by Gasteiger charge is -2.33. The number of rotatable bonds is 13. The van der Waals surface area contributed by atoms with Gasteiger partial charge in [0.25, 0.3) is 0 Å². The molecule has 0 radical (unpaired) electrons. The summed E-state index contributed by atoms with van der Waals surface area (Å²) < 4.78 is 37.4. The molecule has 0 aliphatic heterocycles. The van der Waals surface area contributed by atoms with Crippen molar-refractivity contribution in [2.45, 2.75) is 52.2 Å². The number of nitrogens with one attached hydrogen (secondary N) is 1. The van der Waals surface area contributed by atoms with E-state index < -0.39 is 28.5 Å². The number of hydrogen-bond acceptors (Lipinski definition) is 6. The minimum atomic E-state index is -3.94. The number of hydrogen-bond donors (Lipinski definition) is 1. The molecule has 0 saturated heterocycles. The maximum absolute atomic E-state index is 13.8. The van der Waals surface area contributed by atoms with Gasteiger partial charge in [0, 0.05) is 23.7 Å². The second-order valence-corrected chi connectivity index (χ2v) is 11.0. The molecule has 0 spiro atoms. The van der Waals surface area contributed by atoms with E-state index in [1.54, 1.807) is 43.3 Å². The van der Waals surface area contributed by atoms with Crippen LogP contribution in [0.5, 0.6) is 11.5 Å². The van der Waals surface area contributed by atoms with E-state index in [1.165, 1.54) is 25.2 Å². The van der Waals surface area contributed by atoms with Crippen LogP contribution in [0.15, 0.2) is 42.5 Å². The van der Waals surface area contributed by atoms with Crippen LogP contribution in [0.1, 0.15) is 39.2 Å². The summed E-state index contributed by atoms with van der Waals surface area (Å²) in [6, 6.07) is 10.8. The van der Waals surface area contributed by atoms with E-state index >= 15 is 0 Å². The first kappa shape index (κ1) is 30.2. The summed E-state index contributed by atoms with van der Waals surface area (Å²) in [6.45, 7) is 5.10. The summed E-state index contributed by atoms with van der Waals surface area (Å²) in [5.41, 5.74) is 0.782. The number of anilines is 1. The quantitative estimate of drug-likeness (QED) is 0.404. The van der Waals surface area contributed by atoms with Gasteiger partial charge >= 0.3 is 0 Å². The molecule has 2 aromatic carbocycles. The highest BCUT2D eigenvalue weighted by Gasteiger charge is 2.33. The van der Waals surface area contributed by atoms with Crippen LogP contribution in [0, 0.1) is 0 Å². The Morgan fingerprint density at radius 1 is 1.05 bits per heavy atom. The number of methoxy groups -OCH3 is 2. The fraction of sp³-hybridized carbons (Fsp3) is 0.462. The molecular weight excluding hydrogens is 518 g/mol. The maximum Gasteiger partial charge on any atom is 0.244 e. The molecule has 2 rings (SSSR count). The van der Waals surface area contributed by atoms with Gasteiger partial charge in [-0.25, -0.2) is 8.42 Å². The van der Waals surface area contributed by atoms with E-state index in [9.17, 15) is 18.0 Å². The molecule has 2 aromatic rings. The predicted molar refractivity (Wildman–Crippen MR) is 146 cm³/mol. The van der Waals surface area contributed by atoms with E-state index in [0.717, 1.165) is 17.0 Å². The Balaban J connectivity index is 2.54. The van der Waals surface area contributed by atoms with Crippen LogP contribution >= 0.6 is 11.6 Å². The Bertz CT molecular complexity index is 1190. The molecule has 204 valence electrons. The second kappa shape index (κ2) is 13.5. The van der Waals surface area contributed by atoms with Gasteiger partial charge in [-0.2, -0.15) is 0 Å². The van der Waals surface area contributed by atoms with E-state index in [1.807, 2.05) is 13.8 Å². The largest absolute Gasteiger partial charge is 0.497 e. The Kier molecular flexibility index (Phi) is 11.1. The van der Waals surface area contributed by atoms with Gasteiger partial charge in [-0.05, 0) is 43.5 Å². The molecule has 37 heavy (non-hydrogen) atoms. The summed E-state index contributed by atoms with van der Waals surface area (Å²) in [5.74, 6) is -0.245. The van der Waals surface area contributed by atoms with Gasteiger partial charge < -0.3 is 19.7 Å². The fourth-order valence-corrected chi connectivity index (χ4v) is 4.80. The van der Waals surface area contributed by atoms with Gasteiger partial charge in [-0.3, -0.25) is 13.9 Å². The van der Waals surface area contributed by atoms with Crippen molar-refractivity contribution in [2.75, 3.05) is 31.3 Å². The topological polar surface area (TPSA) is 105 Å². The highest BCUT2D eigenvalue weighted by Crippen LogP contribution is 2.34. The van der Waals surface area contributed by atoms with Crippen molar-refractivity contribution in [3.8, 4) is 11.5 Å². The van der Waals surface area contributed by atoms with Gasteiger partial charge in [0.15, 0.2) is 0 Å². The van der Waals surface area contributed by atoms with Crippen LogP contribution in [-0.2, 0) is 26.2 Å². The SMILES string of the molecule is CCC(C)NC(=O)C(CC)N(Cc1ccccc1Cl)C(=O)CN(c1cc(OC)ccc1OC)S(C)(=O)=O. The molecule has 0 aliphatic carbocycles. The number of sulfonamides is 1. The highest BCUT2D eigenvalue weighted by molar-refractivity contribution is 7.92. The summed E-state index contributed by atoms with van der Waals surface area (Å²) >= 11 is 6.38. The summed E-state index contributed by atoms with van der Waals surface area (Å²) in [5, 5.41) is 3.37. The average Bonchev–Trinajstić information content (AvgIpc) is 2.86. The third-order valence-electron chi connectivity index (χ3n) is 6.02. The van der Waals surface area contributed by atoms with Crippen LogP contribution in [0.25, 0.3) is 0 Å². The van der Waals surface area contributed by atoms with E-state index in [2.05, 4.69) is 5.32 Å². The van der Waals surface area contributed by atoms with Crippen LogP contribution < -0.4 is 19.1 Å². The molecule has 0 aliphatic rings. The lowest BCUT2D eigenvalue weighted by molar-refractivity contribution is -0.140. The Morgan fingerprint density at radius 2 is 1.73 bits per heavy atom. The summed E-state index contributed by atoms with van der Waals surface area (Å²) in [7, 11) is -1.08. The van der Waals surface area contributed by atoms with E-state index in [4.69, 9.17) is 21.1 Å². The molecule has 0 fully saturated rings. The van der Waals surface area contributed by atoms with Crippen molar-refractivity contribution >= 4 is 39.1 Å². The minimum Gasteiger partial charge on any atom is -0.497 e. The predicted octanol–water partition coefficient (Wildman–Crippen LogP) is 3.85. The molecule has 2 unspecified atom stereocenters. The number of halogens is 1. The number of benzene rings is 2. The Hall–Kier alpha value is -2.98. The van der Waals surface area contributed by atoms with Gasteiger partial charge in [0.2, 0.25) is 21.8 Å². The van der Waals surface area contributed by atoms with Crippen LogP contribution in [0.3, 0.4) is 0 Å². The van der Waals surface area contributed by atoms with Gasteiger partial charge in [-0.15, -0.1) is 0 Å². The molecule has 1 N–H and O–H groups in total. The number of ether oxygens (including phenoxy) is 2. The number of carbonyl (C=O) groups is 2. The summed E-state index contributed by atoms with van der Waals surface area (Å²) in [6.07, 6.45) is 2.04. The lowest BCUT2D eigenvalue weighted by atomic mass is 10.1. The lowest BCUT2D eigenvalue weighted by Crippen LogP contribution is -2.53. The molecule has 0 aromatic heterocycles. The van der Waals surface area contributed by atoms with Gasteiger partial charge in [-0.1, -0.05) is 43.6 Å². The number of carbonyl (C=O) groups excluding carboxylic acids is 2. The van der Waals surface area contributed by atoms with Crippen LogP contribution in [0.4, 0.5) is 5.69 Å². The molecule has 0 heterocycles. The normalized spacial score (nSPS) is 12.8. The third-order valence-corrected chi connectivity index (χ3v) is 7.51. The zero-order valence-corrected chi connectivity index (χ0v) is 23.7. The van der Waals surface area contributed by atoms with E-state index in [-0.39, 0.29) is 29.9 Å². The second-order valence-electron chi connectivity index (χ2n) is 8.66.